The monoisotopic (exact) mass is 457 g/mol. The normalized spacial score (nSPS) is 15.8. The zero-order valence-corrected chi connectivity index (χ0v) is 18.4. The average molecular weight is 458 g/mol. The molecule has 12 heteroatoms. The van der Waals surface area contributed by atoms with Crippen molar-refractivity contribution in [3.8, 4) is 0 Å². The van der Waals surface area contributed by atoms with E-state index < -0.39 is 33.9 Å². The second-order valence-electron chi connectivity index (χ2n) is 6.78. The van der Waals surface area contributed by atoms with Crippen molar-refractivity contribution in [2.75, 3.05) is 25.1 Å². The highest BCUT2D eigenvalue weighted by atomic mass is 32.2. The molecule has 1 aromatic rings. The van der Waals surface area contributed by atoms with Gasteiger partial charge in [-0.25, -0.2) is 13.2 Å². The molecule has 1 atom stereocenters. The third-order valence-electron chi connectivity index (χ3n) is 4.59. The molecular formula is C18H27N5O5S2. The van der Waals surface area contributed by atoms with Gasteiger partial charge in [-0.15, -0.1) is 0 Å². The van der Waals surface area contributed by atoms with Crippen LogP contribution < -0.4 is 21.9 Å². The van der Waals surface area contributed by atoms with Crippen LogP contribution in [-0.2, 0) is 14.8 Å². The molecule has 10 nitrogen and oxygen atoms in total. The third-order valence-corrected chi connectivity index (χ3v) is 7.13. The van der Waals surface area contributed by atoms with Gasteiger partial charge in [-0.05, 0) is 49.5 Å². The van der Waals surface area contributed by atoms with Crippen LogP contribution in [0.1, 0.15) is 36.0 Å². The first-order chi connectivity index (χ1) is 14.3. The molecule has 1 aromatic carbocycles. The number of nitrogens with one attached hydrogen (secondary N) is 3. The standard InChI is InChI=1S/C18H27N5O5S2/c1-29-11-8-15(20-18(19)26)17(25)22-21-16(24)13-6-5-7-14(12-13)30(27,28)23-9-3-2-4-10-23/h5-7,12,15H,2-4,8-11H2,1H3,(H,21,24)(H,22,25)(H3,19,20,26)/t15-/m0/s1. The topological polar surface area (TPSA) is 151 Å². The number of carbonyl (C=O) groups is 3. The van der Waals surface area contributed by atoms with Crippen LogP contribution >= 0.6 is 11.8 Å². The molecule has 0 aromatic heterocycles. The molecule has 0 spiro atoms. The maximum Gasteiger partial charge on any atom is 0.312 e. The highest BCUT2D eigenvalue weighted by Crippen LogP contribution is 2.21. The van der Waals surface area contributed by atoms with Crippen LogP contribution in [0.15, 0.2) is 29.2 Å². The van der Waals surface area contributed by atoms with E-state index in [1.807, 2.05) is 6.26 Å². The van der Waals surface area contributed by atoms with E-state index in [0.717, 1.165) is 19.3 Å². The van der Waals surface area contributed by atoms with Crippen molar-refractivity contribution in [3.05, 3.63) is 29.8 Å². The fraction of sp³-hybridized carbons (Fsp3) is 0.500. The Bertz CT molecular complexity index is 871. The summed E-state index contributed by atoms with van der Waals surface area (Å²) >= 11 is 1.49. The molecular weight excluding hydrogens is 430 g/mol. The first-order valence-electron chi connectivity index (χ1n) is 9.51. The van der Waals surface area contributed by atoms with E-state index >= 15 is 0 Å². The van der Waals surface area contributed by atoms with Crippen molar-refractivity contribution in [1.29, 1.82) is 0 Å². The molecule has 1 saturated heterocycles. The number of nitrogens with two attached hydrogens (primary N) is 1. The molecule has 0 aliphatic carbocycles. The minimum absolute atomic E-state index is 0.0246. The maximum atomic E-state index is 12.8. The van der Waals surface area contributed by atoms with Crippen LogP contribution in [0.5, 0.6) is 0 Å². The lowest BCUT2D eigenvalue weighted by Crippen LogP contribution is -2.53. The smallest absolute Gasteiger partial charge is 0.312 e. The lowest BCUT2D eigenvalue weighted by molar-refractivity contribution is -0.123. The summed E-state index contributed by atoms with van der Waals surface area (Å²) in [4.78, 5) is 35.8. The van der Waals surface area contributed by atoms with Crippen LogP contribution in [0.4, 0.5) is 4.79 Å². The van der Waals surface area contributed by atoms with Gasteiger partial charge in [0.15, 0.2) is 0 Å². The minimum Gasteiger partial charge on any atom is -0.352 e. The number of sulfonamides is 1. The van der Waals surface area contributed by atoms with E-state index in [2.05, 4.69) is 16.2 Å². The molecule has 166 valence electrons. The number of rotatable bonds is 8. The number of carbonyl (C=O) groups excluding carboxylic acids is 3. The van der Waals surface area contributed by atoms with Crippen molar-refractivity contribution in [2.24, 2.45) is 5.73 Å². The van der Waals surface area contributed by atoms with Crippen molar-refractivity contribution in [2.45, 2.75) is 36.6 Å². The second kappa shape index (κ2) is 11.2. The van der Waals surface area contributed by atoms with E-state index in [4.69, 9.17) is 5.73 Å². The lowest BCUT2D eigenvalue weighted by Gasteiger charge is -2.26. The van der Waals surface area contributed by atoms with Crippen LogP contribution in [0.25, 0.3) is 0 Å². The Labute approximate surface area is 180 Å². The molecule has 1 aliphatic heterocycles. The first kappa shape index (κ1) is 24.0. The molecule has 0 radical (unpaired) electrons. The summed E-state index contributed by atoms with van der Waals surface area (Å²) in [5.41, 5.74) is 9.64. The van der Waals surface area contributed by atoms with Gasteiger partial charge in [0.25, 0.3) is 11.8 Å². The van der Waals surface area contributed by atoms with Crippen molar-refractivity contribution < 1.29 is 22.8 Å². The number of hydrazine groups is 1. The molecule has 1 fully saturated rings. The van der Waals surface area contributed by atoms with Crippen LogP contribution in [-0.4, -0.2) is 61.7 Å². The molecule has 1 heterocycles. The van der Waals surface area contributed by atoms with E-state index in [1.165, 1.54) is 40.3 Å². The molecule has 0 saturated carbocycles. The quantitative estimate of drug-likeness (QED) is 0.415. The molecule has 2 rings (SSSR count). The Balaban J connectivity index is 2.04. The molecule has 0 bridgehead atoms. The van der Waals surface area contributed by atoms with Gasteiger partial charge >= 0.3 is 6.03 Å². The van der Waals surface area contributed by atoms with Crippen molar-refractivity contribution in [1.82, 2.24) is 20.5 Å². The Morgan fingerprint density at radius 3 is 2.50 bits per heavy atom. The van der Waals surface area contributed by atoms with Gasteiger partial charge in [0.2, 0.25) is 10.0 Å². The number of amides is 4. The zero-order valence-electron chi connectivity index (χ0n) is 16.7. The van der Waals surface area contributed by atoms with E-state index in [-0.39, 0.29) is 10.5 Å². The first-order valence-corrected chi connectivity index (χ1v) is 12.3. The molecule has 30 heavy (non-hydrogen) atoms. The highest BCUT2D eigenvalue weighted by Gasteiger charge is 2.26. The van der Waals surface area contributed by atoms with Crippen LogP contribution in [0.2, 0.25) is 0 Å². The summed E-state index contributed by atoms with van der Waals surface area (Å²) in [5, 5.41) is 2.32. The number of hydrogen-bond donors (Lipinski definition) is 4. The number of primary amides is 1. The lowest BCUT2D eigenvalue weighted by atomic mass is 10.2. The molecule has 0 unspecified atom stereocenters. The fourth-order valence-corrected chi connectivity index (χ4v) is 5.04. The van der Waals surface area contributed by atoms with E-state index in [0.29, 0.717) is 25.3 Å². The Morgan fingerprint density at radius 2 is 1.87 bits per heavy atom. The Morgan fingerprint density at radius 1 is 1.17 bits per heavy atom. The molecule has 5 N–H and O–H groups in total. The largest absolute Gasteiger partial charge is 0.352 e. The Kier molecular flexibility index (Phi) is 8.93. The van der Waals surface area contributed by atoms with Crippen molar-refractivity contribution in [3.63, 3.8) is 0 Å². The summed E-state index contributed by atoms with van der Waals surface area (Å²) in [5.74, 6) is -0.710. The van der Waals surface area contributed by atoms with Gasteiger partial charge in [0, 0.05) is 18.7 Å². The van der Waals surface area contributed by atoms with Gasteiger partial charge in [-0.1, -0.05) is 12.5 Å². The Hall–Kier alpha value is -2.31. The summed E-state index contributed by atoms with van der Waals surface area (Å²) < 4.78 is 27.0. The zero-order chi connectivity index (χ0) is 22.1. The number of piperidine rings is 1. The van der Waals surface area contributed by atoms with Gasteiger partial charge < -0.3 is 11.1 Å². The van der Waals surface area contributed by atoms with Crippen molar-refractivity contribution >= 4 is 39.6 Å². The predicted octanol–water partition coefficient (Wildman–Crippen LogP) is 0.412. The number of benzene rings is 1. The second-order valence-corrected chi connectivity index (χ2v) is 9.70. The summed E-state index contributed by atoms with van der Waals surface area (Å²) in [7, 11) is -3.68. The van der Waals surface area contributed by atoms with Crippen LogP contribution in [0.3, 0.4) is 0 Å². The third kappa shape index (κ3) is 6.61. The minimum atomic E-state index is -3.68. The number of urea groups is 1. The van der Waals surface area contributed by atoms with Crippen LogP contribution in [0, 0.1) is 0 Å². The van der Waals surface area contributed by atoms with E-state index in [1.54, 1.807) is 0 Å². The highest BCUT2D eigenvalue weighted by molar-refractivity contribution is 7.98. The van der Waals surface area contributed by atoms with Gasteiger partial charge in [0.1, 0.15) is 6.04 Å². The predicted molar refractivity (Wildman–Crippen MR) is 114 cm³/mol. The molecule has 1 aliphatic rings. The fourth-order valence-electron chi connectivity index (χ4n) is 3.01. The number of hydrogen-bond acceptors (Lipinski definition) is 6. The molecule has 4 amide bonds. The average Bonchev–Trinajstić information content (AvgIpc) is 2.75. The summed E-state index contributed by atoms with van der Waals surface area (Å²) in [6.45, 7) is 0.915. The summed E-state index contributed by atoms with van der Waals surface area (Å²) in [6.07, 6.45) is 4.79. The van der Waals surface area contributed by atoms with Gasteiger partial charge in [0.05, 0.1) is 4.90 Å². The maximum absolute atomic E-state index is 12.8. The number of thioether (sulfide) groups is 1. The van der Waals surface area contributed by atoms with Gasteiger partial charge in [-0.3, -0.25) is 20.4 Å². The van der Waals surface area contributed by atoms with Gasteiger partial charge in [-0.2, -0.15) is 16.1 Å². The summed E-state index contributed by atoms with van der Waals surface area (Å²) in [6, 6.07) is 3.89. The number of nitrogens with zero attached hydrogens (tertiary/aromatic N) is 1. The SMILES string of the molecule is CSCC[C@H](NC(N)=O)C(=O)NNC(=O)c1cccc(S(=O)(=O)N2CCCCC2)c1. The van der Waals surface area contributed by atoms with E-state index in [9.17, 15) is 22.8 Å².